The zero-order valence-corrected chi connectivity index (χ0v) is 12.6. The Morgan fingerprint density at radius 2 is 2.00 bits per heavy atom. The van der Waals surface area contributed by atoms with Crippen molar-refractivity contribution in [2.75, 3.05) is 5.32 Å². The second-order valence-corrected chi connectivity index (χ2v) is 5.36. The lowest BCUT2D eigenvalue weighted by molar-refractivity contribution is 0.249. The highest BCUT2D eigenvalue weighted by atomic mass is 127. The quantitative estimate of drug-likeness (QED) is 0.815. The SMILES string of the molecule is CC(NC(=O)Nc1cccc(I)c1)c1ccncc1. The fourth-order valence-corrected chi connectivity index (χ4v) is 2.21. The summed E-state index contributed by atoms with van der Waals surface area (Å²) in [6.07, 6.45) is 3.43. The summed E-state index contributed by atoms with van der Waals surface area (Å²) >= 11 is 2.21. The van der Waals surface area contributed by atoms with E-state index in [0.717, 1.165) is 14.8 Å². The molecule has 0 saturated heterocycles. The van der Waals surface area contributed by atoms with Crippen molar-refractivity contribution in [2.45, 2.75) is 13.0 Å². The van der Waals surface area contributed by atoms with Crippen LogP contribution in [0.25, 0.3) is 0 Å². The molecule has 0 spiro atoms. The normalized spacial score (nSPS) is 11.7. The second kappa shape index (κ2) is 6.51. The van der Waals surface area contributed by atoms with Gasteiger partial charge < -0.3 is 10.6 Å². The number of carbonyl (C=O) groups excluding carboxylic acids is 1. The highest BCUT2D eigenvalue weighted by molar-refractivity contribution is 14.1. The first-order valence-electron chi connectivity index (χ1n) is 5.88. The number of amides is 2. The van der Waals surface area contributed by atoms with Crippen LogP contribution in [0, 0.1) is 3.57 Å². The molecular weight excluding hydrogens is 353 g/mol. The van der Waals surface area contributed by atoms with Gasteiger partial charge in [0.15, 0.2) is 0 Å². The van der Waals surface area contributed by atoms with Crippen LogP contribution in [0.4, 0.5) is 10.5 Å². The maximum Gasteiger partial charge on any atom is 0.319 e. The molecule has 2 amide bonds. The van der Waals surface area contributed by atoms with Gasteiger partial charge in [0.05, 0.1) is 6.04 Å². The monoisotopic (exact) mass is 367 g/mol. The summed E-state index contributed by atoms with van der Waals surface area (Å²) in [7, 11) is 0. The molecule has 0 radical (unpaired) electrons. The van der Waals surface area contributed by atoms with E-state index in [0.29, 0.717) is 0 Å². The molecule has 4 nitrogen and oxygen atoms in total. The molecule has 19 heavy (non-hydrogen) atoms. The molecule has 98 valence electrons. The van der Waals surface area contributed by atoms with Crippen LogP contribution in [0.15, 0.2) is 48.8 Å². The van der Waals surface area contributed by atoms with Crippen molar-refractivity contribution >= 4 is 34.3 Å². The minimum absolute atomic E-state index is 0.0641. The highest BCUT2D eigenvalue weighted by Gasteiger charge is 2.09. The number of pyridine rings is 1. The molecule has 1 unspecified atom stereocenters. The van der Waals surface area contributed by atoms with Gasteiger partial charge in [-0.1, -0.05) is 6.07 Å². The summed E-state index contributed by atoms with van der Waals surface area (Å²) in [5.74, 6) is 0. The van der Waals surface area contributed by atoms with Gasteiger partial charge in [-0.25, -0.2) is 4.79 Å². The lowest BCUT2D eigenvalue weighted by Gasteiger charge is -2.14. The topological polar surface area (TPSA) is 54.0 Å². The van der Waals surface area contributed by atoms with Gasteiger partial charge in [0.25, 0.3) is 0 Å². The van der Waals surface area contributed by atoms with Crippen LogP contribution < -0.4 is 10.6 Å². The number of nitrogens with one attached hydrogen (secondary N) is 2. The predicted molar refractivity (Wildman–Crippen MR) is 84.0 cm³/mol. The molecule has 0 aliphatic heterocycles. The summed E-state index contributed by atoms with van der Waals surface area (Å²) < 4.78 is 1.08. The third-order valence-corrected chi connectivity index (χ3v) is 3.31. The Hall–Kier alpha value is -1.63. The van der Waals surface area contributed by atoms with E-state index in [4.69, 9.17) is 0 Å². The van der Waals surface area contributed by atoms with E-state index in [-0.39, 0.29) is 12.1 Å². The van der Waals surface area contributed by atoms with Crippen molar-refractivity contribution in [3.05, 3.63) is 57.9 Å². The zero-order valence-electron chi connectivity index (χ0n) is 10.4. The number of hydrogen-bond donors (Lipinski definition) is 2. The second-order valence-electron chi connectivity index (χ2n) is 4.11. The van der Waals surface area contributed by atoms with Crippen LogP contribution in [0.5, 0.6) is 0 Å². The van der Waals surface area contributed by atoms with Gasteiger partial charge in [0, 0.05) is 21.7 Å². The predicted octanol–water partition coefficient (Wildman–Crippen LogP) is 3.57. The first-order chi connectivity index (χ1) is 9.15. The Morgan fingerprint density at radius 3 is 2.68 bits per heavy atom. The van der Waals surface area contributed by atoms with Gasteiger partial charge in [-0.3, -0.25) is 4.98 Å². The van der Waals surface area contributed by atoms with Gasteiger partial charge in [-0.05, 0) is 65.4 Å². The number of rotatable bonds is 3. The molecule has 2 N–H and O–H groups in total. The molecule has 1 heterocycles. The number of anilines is 1. The first kappa shape index (κ1) is 13.8. The van der Waals surface area contributed by atoms with Crippen molar-refractivity contribution in [1.29, 1.82) is 0 Å². The highest BCUT2D eigenvalue weighted by Crippen LogP contribution is 2.13. The molecule has 0 aliphatic rings. The van der Waals surface area contributed by atoms with Crippen LogP contribution in [-0.2, 0) is 0 Å². The van der Waals surface area contributed by atoms with Crippen LogP contribution in [0.3, 0.4) is 0 Å². The molecule has 0 fully saturated rings. The van der Waals surface area contributed by atoms with Crippen molar-refractivity contribution in [3.8, 4) is 0 Å². The van der Waals surface area contributed by atoms with Crippen LogP contribution >= 0.6 is 22.6 Å². The number of urea groups is 1. The fraction of sp³-hybridized carbons (Fsp3) is 0.143. The number of hydrogen-bond acceptors (Lipinski definition) is 2. The largest absolute Gasteiger partial charge is 0.331 e. The standard InChI is InChI=1S/C14H14IN3O/c1-10(11-5-7-16-8-6-11)17-14(19)18-13-4-2-3-12(15)9-13/h2-10H,1H3,(H2,17,18,19). The molecule has 0 saturated carbocycles. The van der Waals surface area contributed by atoms with Crippen LogP contribution in [-0.4, -0.2) is 11.0 Å². The van der Waals surface area contributed by atoms with E-state index >= 15 is 0 Å². The number of nitrogens with zero attached hydrogens (tertiary/aromatic N) is 1. The fourth-order valence-electron chi connectivity index (χ4n) is 1.67. The van der Waals surface area contributed by atoms with E-state index in [9.17, 15) is 4.79 Å². The van der Waals surface area contributed by atoms with Gasteiger partial charge in [-0.2, -0.15) is 0 Å². The van der Waals surface area contributed by atoms with Crippen LogP contribution in [0.1, 0.15) is 18.5 Å². The number of carbonyl (C=O) groups is 1. The minimum Gasteiger partial charge on any atom is -0.331 e. The van der Waals surface area contributed by atoms with Crippen molar-refractivity contribution in [3.63, 3.8) is 0 Å². The maximum absolute atomic E-state index is 11.9. The van der Waals surface area contributed by atoms with E-state index in [1.54, 1.807) is 12.4 Å². The number of benzene rings is 1. The third kappa shape index (κ3) is 4.20. The van der Waals surface area contributed by atoms with Gasteiger partial charge in [-0.15, -0.1) is 0 Å². The van der Waals surface area contributed by atoms with E-state index in [1.165, 1.54) is 0 Å². The molecular formula is C14H14IN3O. The van der Waals surface area contributed by atoms with Gasteiger partial charge >= 0.3 is 6.03 Å². The average molecular weight is 367 g/mol. The van der Waals surface area contributed by atoms with Crippen molar-refractivity contribution in [1.82, 2.24) is 10.3 Å². The van der Waals surface area contributed by atoms with E-state index in [1.807, 2.05) is 43.3 Å². The lowest BCUT2D eigenvalue weighted by atomic mass is 10.1. The van der Waals surface area contributed by atoms with E-state index < -0.39 is 0 Å². The number of aromatic nitrogens is 1. The van der Waals surface area contributed by atoms with Gasteiger partial charge in [0.2, 0.25) is 0 Å². The summed E-state index contributed by atoms with van der Waals surface area (Å²) in [5, 5.41) is 5.70. The Labute approximate surface area is 125 Å². The summed E-state index contributed by atoms with van der Waals surface area (Å²) in [5.41, 5.74) is 1.80. The maximum atomic E-state index is 11.9. The molecule has 1 atom stereocenters. The zero-order chi connectivity index (χ0) is 13.7. The molecule has 1 aromatic heterocycles. The van der Waals surface area contributed by atoms with Crippen molar-refractivity contribution in [2.24, 2.45) is 0 Å². The van der Waals surface area contributed by atoms with E-state index in [2.05, 4.69) is 38.2 Å². The minimum atomic E-state index is -0.216. The molecule has 2 aromatic rings. The molecule has 5 heteroatoms. The summed E-state index contributed by atoms with van der Waals surface area (Å²) in [6, 6.07) is 11.1. The summed E-state index contributed by atoms with van der Waals surface area (Å²) in [6.45, 7) is 1.93. The number of halogens is 1. The molecule has 2 rings (SSSR count). The van der Waals surface area contributed by atoms with Crippen molar-refractivity contribution < 1.29 is 4.79 Å². The van der Waals surface area contributed by atoms with Gasteiger partial charge in [0.1, 0.15) is 0 Å². The summed E-state index contributed by atoms with van der Waals surface area (Å²) in [4.78, 5) is 15.8. The Kier molecular flexibility index (Phi) is 4.73. The lowest BCUT2D eigenvalue weighted by Crippen LogP contribution is -2.31. The molecule has 1 aromatic carbocycles. The smallest absolute Gasteiger partial charge is 0.319 e. The first-order valence-corrected chi connectivity index (χ1v) is 6.96. The van der Waals surface area contributed by atoms with Crippen LogP contribution in [0.2, 0.25) is 0 Å². The Morgan fingerprint density at radius 1 is 1.26 bits per heavy atom. The third-order valence-electron chi connectivity index (χ3n) is 2.64. The Bertz CT molecular complexity index is 560. The average Bonchev–Trinajstić information content (AvgIpc) is 2.39. The Balaban J connectivity index is 1.95. The molecule has 0 aliphatic carbocycles. The molecule has 0 bridgehead atoms.